The lowest BCUT2D eigenvalue weighted by molar-refractivity contribution is -0.127. The van der Waals surface area contributed by atoms with Gasteiger partial charge in [-0.3, -0.25) is 4.79 Å². The van der Waals surface area contributed by atoms with E-state index < -0.39 is 0 Å². The standard InChI is InChI=1S/C13H22N2O/c16-13(10-2-1-3-10)14-8-9-6-11-4-5-12(7-9)15-11/h9-12,15H,1-8H2,(H,14,16)/t9?,11-,12+. The van der Waals surface area contributed by atoms with Crippen LogP contribution in [0.25, 0.3) is 0 Å². The van der Waals surface area contributed by atoms with E-state index in [1.54, 1.807) is 0 Å². The van der Waals surface area contributed by atoms with Gasteiger partial charge in [0.15, 0.2) is 0 Å². The maximum atomic E-state index is 11.7. The molecule has 3 rings (SSSR count). The second-order valence-electron chi connectivity index (χ2n) is 5.85. The molecule has 2 N–H and O–H groups in total. The van der Waals surface area contributed by atoms with Crippen molar-refractivity contribution in [1.29, 1.82) is 0 Å². The fourth-order valence-corrected chi connectivity index (χ4v) is 3.40. The van der Waals surface area contributed by atoms with Gasteiger partial charge >= 0.3 is 0 Å². The third kappa shape index (κ3) is 2.10. The van der Waals surface area contributed by atoms with Crippen molar-refractivity contribution in [2.45, 2.75) is 57.0 Å². The monoisotopic (exact) mass is 222 g/mol. The average Bonchev–Trinajstić information content (AvgIpc) is 2.52. The molecule has 3 aliphatic rings. The lowest BCUT2D eigenvalue weighted by atomic mass is 9.84. The van der Waals surface area contributed by atoms with Crippen LogP contribution < -0.4 is 10.6 Å². The summed E-state index contributed by atoms with van der Waals surface area (Å²) in [7, 11) is 0. The first kappa shape index (κ1) is 10.6. The van der Waals surface area contributed by atoms with Crippen molar-refractivity contribution in [3.63, 3.8) is 0 Å². The maximum absolute atomic E-state index is 11.7. The van der Waals surface area contributed by atoms with Crippen molar-refractivity contribution < 1.29 is 4.79 Å². The summed E-state index contributed by atoms with van der Waals surface area (Å²) in [6, 6.07) is 1.48. The van der Waals surface area contributed by atoms with Gasteiger partial charge in [-0.2, -0.15) is 0 Å². The van der Waals surface area contributed by atoms with Crippen LogP contribution in [0.1, 0.15) is 44.9 Å². The molecule has 3 nitrogen and oxygen atoms in total. The zero-order valence-corrected chi connectivity index (χ0v) is 9.87. The number of hydrogen-bond acceptors (Lipinski definition) is 2. The maximum Gasteiger partial charge on any atom is 0.223 e. The first-order valence-electron chi connectivity index (χ1n) is 6.85. The van der Waals surface area contributed by atoms with Gasteiger partial charge in [0.05, 0.1) is 0 Å². The molecule has 2 aliphatic heterocycles. The molecule has 0 aromatic heterocycles. The predicted octanol–water partition coefficient (Wildman–Crippen LogP) is 1.43. The van der Waals surface area contributed by atoms with Gasteiger partial charge < -0.3 is 10.6 Å². The largest absolute Gasteiger partial charge is 0.356 e. The summed E-state index contributed by atoms with van der Waals surface area (Å²) >= 11 is 0. The quantitative estimate of drug-likeness (QED) is 0.758. The molecule has 1 unspecified atom stereocenters. The van der Waals surface area contributed by atoms with Gasteiger partial charge in [0.1, 0.15) is 0 Å². The minimum Gasteiger partial charge on any atom is -0.356 e. The second-order valence-corrected chi connectivity index (χ2v) is 5.85. The van der Waals surface area contributed by atoms with Crippen LogP contribution in [0.3, 0.4) is 0 Å². The van der Waals surface area contributed by atoms with Gasteiger partial charge in [-0.1, -0.05) is 6.42 Å². The third-order valence-corrected chi connectivity index (χ3v) is 4.61. The van der Waals surface area contributed by atoms with E-state index in [2.05, 4.69) is 10.6 Å². The van der Waals surface area contributed by atoms with E-state index in [0.29, 0.717) is 11.8 Å². The Kier molecular flexibility index (Phi) is 2.88. The Balaban J connectivity index is 1.43. The van der Waals surface area contributed by atoms with E-state index >= 15 is 0 Å². The Labute approximate surface area is 97.4 Å². The Morgan fingerprint density at radius 3 is 2.38 bits per heavy atom. The molecule has 0 aromatic rings. The summed E-state index contributed by atoms with van der Waals surface area (Å²) in [5.41, 5.74) is 0. The number of rotatable bonds is 3. The van der Waals surface area contributed by atoms with E-state index in [9.17, 15) is 4.79 Å². The Hall–Kier alpha value is -0.570. The van der Waals surface area contributed by atoms with Gasteiger partial charge in [0.25, 0.3) is 0 Å². The first-order valence-corrected chi connectivity index (χ1v) is 6.85. The van der Waals surface area contributed by atoms with Crippen LogP contribution in [0.2, 0.25) is 0 Å². The molecule has 0 radical (unpaired) electrons. The molecular weight excluding hydrogens is 200 g/mol. The molecular formula is C13H22N2O. The minimum absolute atomic E-state index is 0.317. The van der Waals surface area contributed by atoms with Crippen molar-refractivity contribution in [3.8, 4) is 0 Å². The molecule has 2 saturated heterocycles. The van der Waals surface area contributed by atoms with E-state index in [1.807, 2.05) is 0 Å². The zero-order valence-electron chi connectivity index (χ0n) is 9.87. The van der Waals surface area contributed by atoms with Gasteiger partial charge in [-0.05, 0) is 44.4 Å². The van der Waals surface area contributed by atoms with Gasteiger partial charge in [0, 0.05) is 24.5 Å². The minimum atomic E-state index is 0.317. The zero-order chi connectivity index (χ0) is 11.0. The van der Waals surface area contributed by atoms with Crippen LogP contribution in [-0.4, -0.2) is 24.5 Å². The topological polar surface area (TPSA) is 41.1 Å². The average molecular weight is 222 g/mol. The molecule has 2 heterocycles. The van der Waals surface area contributed by atoms with Crippen LogP contribution in [0.4, 0.5) is 0 Å². The highest BCUT2D eigenvalue weighted by molar-refractivity contribution is 5.79. The number of hydrogen-bond donors (Lipinski definition) is 2. The summed E-state index contributed by atoms with van der Waals surface area (Å²) in [4.78, 5) is 11.7. The van der Waals surface area contributed by atoms with E-state index in [4.69, 9.17) is 0 Å². The summed E-state index contributed by atoms with van der Waals surface area (Å²) in [5, 5.41) is 6.80. The van der Waals surface area contributed by atoms with Gasteiger partial charge in [-0.25, -0.2) is 0 Å². The van der Waals surface area contributed by atoms with Crippen LogP contribution >= 0.6 is 0 Å². The molecule has 1 saturated carbocycles. The van der Waals surface area contributed by atoms with Gasteiger partial charge in [-0.15, -0.1) is 0 Å². The lowest BCUT2D eigenvalue weighted by Crippen LogP contribution is -2.43. The van der Waals surface area contributed by atoms with Crippen molar-refractivity contribution in [1.82, 2.24) is 10.6 Å². The van der Waals surface area contributed by atoms with Crippen LogP contribution in [0, 0.1) is 11.8 Å². The number of carbonyl (C=O) groups excluding carboxylic acids is 1. The smallest absolute Gasteiger partial charge is 0.223 e. The van der Waals surface area contributed by atoms with E-state index in [1.165, 1.54) is 32.1 Å². The SMILES string of the molecule is O=C(NCC1C[C@H]2CC[C@@H](C1)N2)C1CCC1. The molecule has 0 aromatic carbocycles. The fraction of sp³-hybridized carbons (Fsp3) is 0.923. The number of amides is 1. The van der Waals surface area contributed by atoms with Crippen molar-refractivity contribution in [2.24, 2.45) is 11.8 Å². The van der Waals surface area contributed by atoms with Gasteiger partial charge in [0.2, 0.25) is 5.91 Å². The van der Waals surface area contributed by atoms with E-state index in [-0.39, 0.29) is 0 Å². The molecule has 3 fully saturated rings. The number of nitrogens with one attached hydrogen (secondary N) is 2. The molecule has 0 spiro atoms. The number of piperidine rings is 1. The Morgan fingerprint density at radius 2 is 1.81 bits per heavy atom. The molecule has 3 atom stereocenters. The highest BCUT2D eigenvalue weighted by Crippen LogP contribution is 2.31. The normalized spacial score (nSPS) is 38.1. The molecule has 1 aliphatic carbocycles. The van der Waals surface area contributed by atoms with E-state index in [0.717, 1.165) is 37.4 Å². The number of carbonyl (C=O) groups is 1. The molecule has 16 heavy (non-hydrogen) atoms. The third-order valence-electron chi connectivity index (χ3n) is 4.61. The van der Waals surface area contributed by atoms with Crippen molar-refractivity contribution in [2.75, 3.05) is 6.54 Å². The molecule has 2 bridgehead atoms. The number of fused-ring (bicyclic) bond motifs is 2. The Bertz CT molecular complexity index is 263. The first-order chi connectivity index (χ1) is 7.81. The summed E-state index contributed by atoms with van der Waals surface area (Å²) in [6.07, 6.45) is 8.70. The summed E-state index contributed by atoms with van der Waals surface area (Å²) < 4.78 is 0. The second kappa shape index (κ2) is 4.36. The Morgan fingerprint density at radius 1 is 1.12 bits per heavy atom. The van der Waals surface area contributed by atoms with Crippen molar-refractivity contribution >= 4 is 5.91 Å². The molecule has 1 amide bonds. The van der Waals surface area contributed by atoms with Crippen LogP contribution in [-0.2, 0) is 4.79 Å². The van der Waals surface area contributed by atoms with Crippen LogP contribution in [0.15, 0.2) is 0 Å². The summed E-state index contributed by atoms with van der Waals surface area (Å²) in [6.45, 7) is 0.921. The highest BCUT2D eigenvalue weighted by Gasteiger charge is 2.34. The lowest BCUT2D eigenvalue weighted by Gasteiger charge is -2.30. The van der Waals surface area contributed by atoms with Crippen molar-refractivity contribution in [3.05, 3.63) is 0 Å². The molecule has 3 heteroatoms. The summed E-state index contributed by atoms with van der Waals surface area (Å²) in [5.74, 6) is 1.39. The predicted molar refractivity (Wildman–Crippen MR) is 63.0 cm³/mol. The molecule has 90 valence electrons. The van der Waals surface area contributed by atoms with Crippen LogP contribution in [0.5, 0.6) is 0 Å². The highest BCUT2D eigenvalue weighted by atomic mass is 16.1. The fourth-order valence-electron chi connectivity index (χ4n) is 3.40.